The van der Waals surface area contributed by atoms with Crippen molar-refractivity contribution in [2.24, 2.45) is 5.92 Å². The van der Waals surface area contributed by atoms with Gasteiger partial charge in [-0.2, -0.15) is 0 Å². The van der Waals surface area contributed by atoms with E-state index in [4.69, 9.17) is 20.8 Å². The molecule has 12 heteroatoms. The quantitative estimate of drug-likeness (QED) is 0.454. The molecular weight excluding hydrogens is 562 g/mol. The number of ether oxygens (including phenoxy) is 1. The van der Waals surface area contributed by atoms with Crippen LogP contribution in [0.4, 0.5) is 16.3 Å². The van der Waals surface area contributed by atoms with Crippen LogP contribution in [0.1, 0.15) is 49.1 Å². The molecule has 0 radical (unpaired) electrons. The minimum absolute atomic E-state index is 0.0772. The van der Waals surface area contributed by atoms with E-state index < -0.39 is 11.9 Å². The Morgan fingerprint density at radius 3 is 2.45 bits per heavy atom. The molecule has 5 amide bonds. The molecule has 3 aromatic rings. The van der Waals surface area contributed by atoms with Crippen molar-refractivity contribution >= 4 is 57.8 Å². The van der Waals surface area contributed by atoms with Crippen molar-refractivity contribution in [2.75, 3.05) is 43.1 Å². The van der Waals surface area contributed by atoms with Crippen LogP contribution in [0.2, 0.25) is 5.02 Å². The molecule has 2 aromatic heterocycles. The van der Waals surface area contributed by atoms with Crippen LogP contribution in [0.15, 0.2) is 47.0 Å². The number of carbonyl (C=O) groups excluding carboxylic acids is 4. The highest BCUT2D eigenvalue weighted by atomic mass is 35.5. The number of amides is 5. The van der Waals surface area contributed by atoms with Crippen molar-refractivity contribution in [3.05, 3.63) is 53.4 Å². The number of rotatable bonds is 5. The van der Waals surface area contributed by atoms with Gasteiger partial charge in [0.2, 0.25) is 17.6 Å². The van der Waals surface area contributed by atoms with E-state index in [9.17, 15) is 19.2 Å². The first-order chi connectivity index (χ1) is 20.4. The number of para-hydroxylation sites is 1. The largest absolute Gasteiger partial charge is 0.449 e. The zero-order chi connectivity index (χ0) is 29.2. The zero-order valence-corrected chi connectivity index (χ0v) is 23.8. The third-order valence-corrected chi connectivity index (χ3v) is 8.50. The summed E-state index contributed by atoms with van der Waals surface area (Å²) >= 11 is 6.04. The third kappa shape index (κ3) is 5.58. The van der Waals surface area contributed by atoms with Gasteiger partial charge >= 0.3 is 11.9 Å². The predicted octanol–water partition coefficient (Wildman–Crippen LogP) is 4.70. The number of furan rings is 1. The number of hydrogen-bond acceptors (Lipinski definition) is 7. The van der Waals surface area contributed by atoms with E-state index in [1.807, 2.05) is 4.90 Å². The molecule has 4 heterocycles. The number of nitrogens with zero attached hydrogens (tertiary/aromatic N) is 4. The van der Waals surface area contributed by atoms with Crippen molar-refractivity contribution in [1.82, 2.24) is 14.8 Å². The Hall–Kier alpha value is -3.96. The number of fused-ring (bicyclic) bond motifs is 1. The summed E-state index contributed by atoms with van der Waals surface area (Å²) in [7, 11) is 0. The minimum Gasteiger partial charge on any atom is -0.449 e. The molecule has 3 aliphatic rings. The molecule has 42 heavy (non-hydrogen) atoms. The Kier molecular flexibility index (Phi) is 8.12. The number of hydrogen-bond donors (Lipinski definition) is 1. The van der Waals surface area contributed by atoms with Gasteiger partial charge in [-0.25, -0.2) is 14.7 Å². The van der Waals surface area contributed by atoms with Crippen LogP contribution < -0.4 is 10.2 Å². The van der Waals surface area contributed by atoms with Crippen LogP contribution >= 0.6 is 11.6 Å². The molecular formula is C30H32ClN5O6. The van der Waals surface area contributed by atoms with E-state index in [1.54, 1.807) is 30.3 Å². The fourth-order valence-corrected chi connectivity index (χ4v) is 6.15. The molecule has 0 bridgehead atoms. The van der Waals surface area contributed by atoms with E-state index >= 15 is 0 Å². The van der Waals surface area contributed by atoms with E-state index in [0.717, 1.165) is 30.7 Å². The summed E-state index contributed by atoms with van der Waals surface area (Å²) in [6.45, 7) is 2.11. The molecule has 11 nitrogen and oxygen atoms in total. The lowest BCUT2D eigenvalue weighted by atomic mass is 9.84. The molecule has 0 spiro atoms. The maximum absolute atomic E-state index is 14.2. The number of halogens is 1. The molecule has 1 saturated carbocycles. The lowest BCUT2D eigenvalue weighted by Crippen LogP contribution is -2.50. The number of likely N-dealkylation sites (tertiary alicyclic amines) is 1. The van der Waals surface area contributed by atoms with Crippen LogP contribution in [-0.4, -0.2) is 77.4 Å². The average Bonchev–Trinajstić information content (AvgIpc) is 3.62. The SMILES string of the molecule is O=C(Nc1c(C(=O)N(C(=O)N2CCOCC2)c2ccc(Cl)cn2)oc2ccccc12)C1CCC(N2CCCC2=O)CC1. The molecule has 0 unspecified atom stereocenters. The lowest BCUT2D eigenvalue weighted by molar-refractivity contribution is -0.130. The summed E-state index contributed by atoms with van der Waals surface area (Å²) in [6.07, 6.45) is 5.63. The number of carbonyl (C=O) groups is 4. The third-order valence-electron chi connectivity index (χ3n) is 8.27. The summed E-state index contributed by atoms with van der Waals surface area (Å²) in [5.41, 5.74) is 0.612. The van der Waals surface area contributed by atoms with Gasteiger partial charge < -0.3 is 24.3 Å². The van der Waals surface area contributed by atoms with Gasteiger partial charge in [0.25, 0.3) is 0 Å². The van der Waals surface area contributed by atoms with Crippen molar-refractivity contribution in [1.29, 1.82) is 0 Å². The smallest absolute Gasteiger partial charge is 0.333 e. The van der Waals surface area contributed by atoms with E-state index in [0.29, 0.717) is 61.6 Å². The first-order valence-corrected chi connectivity index (χ1v) is 14.7. The fraction of sp³-hybridized carbons (Fsp3) is 0.433. The van der Waals surface area contributed by atoms with Gasteiger partial charge in [0.1, 0.15) is 17.1 Å². The molecule has 3 fully saturated rings. The maximum atomic E-state index is 14.2. The monoisotopic (exact) mass is 593 g/mol. The number of imide groups is 1. The standard InChI is InChI=1S/C30H32ClN5O6/c31-20-9-12-24(32-18-20)36(30(40)34-14-16-41-17-15-34)29(39)27-26(22-4-1-2-5-23(22)42-27)33-28(38)19-7-10-21(11-8-19)35-13-3-6-25(35)37/h1-2,4-5,9,12,18-19,21H,3,6-8,10-11,13-17H2,(H,33,38). The molecule has 1 aliphatic carbocycles. The van der Waals surface area contributed by atoms with Crippen molar-refractivity contribution < 1.29 is 28.3 Å². The molecule has 2 aliphatic heterocycles. The topological polar surface area (TPSA) is 125 Å². The number of nitrogens with one attached hydrogen (secondary N) is 1. The van der Waals surface area contributed by atoms with Gasteiger partial charge in [-0.1, -0.05) is 23.7 Å². The fourth-order valence-electron chi connectivity index (χ4n) is 6.04. The van der Waals surface area contributed by atoms with Gasteiger partial charge in [0, 0.05) is 49.6 Å². The Morgan fingerprint density at radius 2 is 1.76 bits per heavy atom. The van der Waals surface area contributed by atoms with Gasteiger partial charge in [-0.3, -0.25) is 14.4 Å². The van der Waals surface area contributed by atoms with Gasteiger partial charge in [0.05, 0.1) is 18.2 Å². The molecule has 1 N–H and O–H groups in total. The number of urea groups is 1. The summed E-state index contributed by atoms with van der Waals surface area (Å²) in [6, 6.07) is 9.65. The van der Waals surface area contributed by atoms with E-state index in [-0.39, 0.29) is 41.0 Å². The molecule has 220 valence electrons. The second kappa shape index (κ2) is 12.1. The number of anilines is 2. The first-order valence-electron chi connectivity index (χ1n) is 14.3. The predicted molar refractivity (Wildman–Crippen MR) is 155 cm³/mol. The second-order valence-corrected chi connectivity index (χ2v) is 11.3. The highest BCUT2D eigenvalue weighted by Gasteiger charge is 2.37. The Bertz CT molecular complexity index is 1490. The highest BCUT2D eigenvalue weighted by molar-refractivity contribution is 6.30. The Balaban J connectivity index is 1.28. The maximum Gasteiger partial charge on any atom is 0.333 e. The lowest BCUT2D eigenvalue weighted by Gasteiger charge is -2.34. The molecule has 1 aromatic carbocycles. The first kappa shape index (κ1) is 28.2. The number of pyridine rings is 1. The summed E-state index contributed by atoms with van der Waals surface area (Å²) < 4.78 is 11.4. The number of aromatic nitrogens is 1. The van der Waals surface area contributed by atoms with E-state index in [1.165, 1.54) is 17.2 Å². The molecule has 6 rings (SSSR count). The van der Waals surface area contributed by atoms with Crippen LogP contribution in [0.3, 0.4) is 0 Å². The minimum atomic E-state index is -0.760. The highest BCUT2D eigenvalue weighted by Crippen LogP contribution is 2.36. The number of morpholine rings is 1. The van der Waals surface area contributed by atoms with Crippen molar-refractivity contribution in [3.8, 4) is 0 Å². The average molecular weight is 594 g/mol. The van der Waals surface area contributed by atoms with Crippen molar-refractivity contribution in [3.63, 3.8) is 0 Å². The van der Waals surface area contributed by atoms with Gasteiger partial charge in [-0.05, 0) is 56.4 Å². The van der Waals surface area contributed by atoms with E-state index in [2.05, 4.69) is 10.3 Å². The summed E-state index contributed by atoms with van der Waals surface area (Å²) in [5.74, 6) is -1.16. The zero-order valence-electron chi connectivity index (χ0n) is 23.1. The van der Waals surface area contributed by atoms with Crippen LogP contribution in [-0.2, 0) is 14.3 Å². The Labute approximate surface area is 247 Å². The van der Waals surface area contributed by atoms with Crippen LogP contribution in [0, 0.1) is 5.92 Å². The summed E-state index contributed by atoms with van der Waals surface area (Å²) in [5, 5.41) is 3.87. The molecule has 2 saturated heterocycles. The van der Waals surface area contributed by atoms with Gasteiger partial charge in [-0.15, -0.1) is 0 Å². The van der Waals surface area contributed by atoms with Crippen molar-refractivity contribution in [2.45, 2.75) is 44.6 Å². The normalized spacial score (nSPS) is 21.0. The summed E-state index contributed by atoms with van der Waals surface area (Å²) in [4.78, 5) is 62.3. The Morgan fingerprint density at radius 1 is 1.00 bits per heavy atom. The number of benzene rings is 1. The van der Waals surface area contributed by atoms with Gasteiger partial charge in [0.15, 0.2) is 0 Å². The van der Waals surface area contributed by atoms with Crippen LogP contribution in [0.5, 0.6) is 0 Å². The molecule has 0 atom stereocenters. The van der Waals surface area contributed by atoms with Crippen LogP contribution in [0.25, 0.3) is 11.0 Å². The second-order valence-electron chi connectivity index (χ2n) is 10.8.